The first-order valence-electron chi connectivity index (χ1n) is 7.64. The number of para-hydroxylation sites is 2. The molecule has 1 aromatic carbocycles. The summed E-state index contributed by atoms with van der Waals surface area (Å²) in [5.41, 5.74) is 1.43. The number of sulfonamides is 1. The van der Waals surface area contributed by atoms with Crippen LogP contribution in [0.5, 0.6) is 0 Å². The van der Waals surface area contributed by atoms with E-state index >= 15 is 0 Å². The van der Waals surface area contributed by atoms with Crippen LogP contribution in [0.3, 0.4) is 0 Å². The summed E-state index contributed by atoms with van der Waals surface area (Å²) in [6, 6.07) is 7.34. The highest BCUT2D eigenvalue weighted by Gasteiger charge is 2.23. The first kappa shape index (κ1) is 18.3. The second-order valence-electron chi connectivity index (χ2n) is 5.34. The molecule has 0 saturated carbocycles. The van der Waals surface area contributed by atoms with Crippen molar-refractivity contribution in [1.82, 2.24) is 5.32 Å². The number of nitrogens with one attached hydrogen (secondary N) is 1. The molecule has 1 amide bonds. The quantitative estimate of drug-likeness (QED) is 0.804. The van der Waals surface area contributed by atoms with Gasteiger partial charge in [0.25, 0.3) is 0 Å². The fraction of sp³-hybridized carbons (Fsp3) is 0.533. The van der Waals surface area contributed by atoms with Gasteiger partial charge in [0.2, 0.25) is 10.0 Å². The molecule has 8 nitrogen and oxygen atoms in total. The number of nitrogens with zero attached hydrogens (tertiary/aromatic N) is 2. The molecule has 1 aromatic rings. The lowest BCUT2D eigenvalue weighted by Crippen LogP contribution is -2.41. The Hall–Kier alpha value is -2.00. The molecular formula is C15H23N3O5S. The largest absolute Gasteiger partial charge is 0.453 e. The van der Waals surface area contributed by atoms with Crippen LogP contribution in [0.25, 0.3) is 0 Å². The van der Waals surface area contributed by atoms with Crippen LogP contribution in [0, 0.1) is 0 Å². The normalized spacial score (nSPS) is 15.0. The van der Waals surface area contributed by atoms with Gasteiger partial charge in [0.15, 0.2) is 0 Å². The summed E-state index contributed by atoms with van der Waals surface area (Å²) in [5, 5.41) is 2.50. The molecule has 0 atom stereocenters. The molecule has 1 fully saturated rings. The van der Waals surface area contributed by atoms with E-state index in [1.165, 1.54) is 11.4 Å². The third-order valence-corrected chi connectivity index (χ3v) is 4.85. The van der Waals surface area contributed by atoms with Gasteiger partial charge < -0.3 is 19.7 Å². The lowest BCUT2D eigenvalue weighted by molar-refractivity contribution is 0.123. The topological polar surface area (TPSA) is 88.2 Å². The van der Waals surface area contributed by atoms with E-state index in [9.17, 15) is 13.2 Å². The number of carbonyl (C=O) groups is 1. The number of hydrogen-bond donors (Lipinski definition) is 1. The monoisotopic (exact) mass is 357 g/mol. The molecule has 1 N–H and O–H groups in total. The minimum atomic E-state index is -3.50. The maximum atomic E-state index is 12.3. The summed E-state index contributed by atoms with van der Waals surface area (Å²) >= 11 is 0. The Balaban J connectivity index is 2.24. The molecule has 0 aliphatic carbocycles. The lowest BCUT2D eigenvalue weighted by atomic mass is 10.2. The Morgan fingerprint density at radius 1 is 1.33 bits per heavy atom. The molecule has 1 saturated heterocycles. The van der Waals surface area contributed by atoms with E-state index in [0.29, 0.717) is 32.0 Å². The Kier molecular flexibility index (Phi) is 6.27. The molecule has 0 aromatic heterocycles. The van der Waals surface area contributed by atoms with E-state index < -0.39 is 16.1 Å². The van der Waals surface area contributed by atoms with Crippen LogP contribution < -0.4 is 14.5 Å². The summed E-state index contributed by atoms with van der Waals surface area (Å²) in [7, 11) is -2.24. The van der Waals surface area contributed by atoms with Gasteiger partial charge in [0.1, 0.15) is 0 Å². The molecule has 0 spiro atoms. The first-order valence-corrected chi connectivity index (χ1v) is 9.49. The van der Waals surface area contributed by atoms with E-state index in [1.807, 2.05) is 12.1 Å². The van der Waals surface area contributed by atoms with Crippen LogP contribution >= 0.6 is 0 Å². The minimum absolute atomic E-state index is 0.120. The van der Waals surface area contributed by atoms with Crippen molar-refractivity contribution in [1.29, 1.82) is 0 Å². The zero-order valence-corrected chi connectivity index (χ0v) is 14.7. The zero-order valence-electron chi connectivity index (χ0n) is 13.9. The van der Waals surface area contributed by atoms with Gasteiger partial charge in [0, 0.05) is 19.6 Å². The summed E-state index contributed by atoms with van der Waals surface area (Å²) in [6.45, 7) is 2.89. The van der Waals surface area contributed by atoms with Crippen LogP contribution in [0.15, 0.2) is 24.3 Å². The molecule has 1 aliphatic rings. The van der Waals surface area contributed by atoms with Crippen molar-refractivity contribution in [2.75, 3.05) is 62.0 Å². The molecule has 1 aliphatic heterocycles. The number of methoxy groups -OCH3 is 1. The second-order valence-corrected chi connectivity index (χ2v) is 7.25. The number of benzene rings is 1. The van der Waals surface area contributed by atoms with Crippen molar-refractivity contribution < 1.29 is 22.7 Å². The van der Waals surface area contributed by atoms with Crippen molar-refractivity contribution in [3.8, 4) is 0 Å². The highest BCUT2D eigenvalue weighted by molar-refractivity contribution is 7.92. The average molecular weight is 357 g/mol. The van der Waals surface area contributed by atoms with Crippen molar-refractivity contribution >= 4 is 27.5 Å². The molecule has 0 unspecified atom stereocenters. The SMILES string of the molecule is COC(=O)NCCN(c1ccccc1N1CCOCC1)S(C)(=O)=O. The van der Waals surface area contributed by atoms with E-state index in [2.05, 4.69) is 15.0 Å². The van der Waals surface area contributed by atoms with Crippen molar-refractivity contribution in [2.24, 2.45) is 0 Å². The van der Waals surface area contributed by atoms with Crippen LogP contribution in [-0.2, 0) is 19.5 Å². The Bertz CT molecular complexity index is 659. The van der Waals surface area contributed by atoms with E-state index in [0.717, 1.165) is 11.9 Å². The number of rotatable bonds is 6. The van der Waals surface area contributed by atoms with E-state index in [4.69, 9.17) is 4.74 Å². The highest BCUT2D eigenvalue weighted by Crippen LogP contribution is 2.31. The van der Waals surface area contributed by atoms with Crippen LogP contribution in [0.4, 0.5) is 16.2 Å². The average Bonchev–Trinajstić information content (AvgIpc) is 2.58. The number of amides is 1. The smallest absolute Gasteiger partial charge is 0.406 e. The summed E-state index contributed by atoms with van der Waals surface area (Å²) < 4.78 is 35.7. The predicted octanol–water partition coefficient (Wildman–Crippen LogP) is 0.645. The van der Waals surface area contributed by atoms with Gasteiger partial charge in [0.05, 0.1) is 44.5 Å². The fourth-order valence-electron chi connectivity index (χ4n) is 2.54. The lowest BCUT2D eigenvalue weighted by Gasteiger charge is -2.33. The summed E-state index contributed by atoms with van der Waals surface area (Å²) in [6.07, 6.45) is 0.561. The molecule has 9 heteroatoms. The van der Waals surface area contributed by atoms with Gasteiger partial charge in [-0.15, -0.1) is 0 Å². The molecule has 2 rings (SSSR count). The van der Waals surface area contributed by atoms with Crippen LogP contribution in [0.1, 0.15) is 0 Å². The molecule has 134 valence electrons. The fourth-order valence-corrected chi connectivity index (χ4v) is 3.48. The van der Waals surface area contributed by atoms with Crippen molar-refractivity contribution in [2.45, 2.75) is 0 Å². The van der Waals surface area contributed by atoms with Gasteiger partial charge in [-0.25, -0.2) is 13.2 Å². The van der Waals surface area contributed by atoms with Crippen LogP contribution in [-0.4, -0.2) is 67.3 Å². The molecule has 0 radical (unpaired) electrons. The predicted molar refractivity (Wildman–Crippen MR) is 92.1 cm³/mol. The Labute approximate surface area is 142 Å². The Morgan fingerprint density at radius 3 is 2.62 bits per heavy atom. The van der Waals surface area contributed by atoms with Gasteiger partial charge in [-0.3, -0.25) is 4.31 Å². The second kappa shape index (κ2) is 8.20. The number of ether oxygens (including phenoxy) is 2. The maximum absolute atomic E-state index is 12.3. The molecule has 24 heavy (non-hydrogen) atoms. The molecular weight excluding hydrogens is 334 g/mol. The third-order valence-electron chi connectivity index (χ3n) is 3.67. The standard InChI is InChI=1S/C15H23N3O5S/c1-22-15(19)16-7-8-18(24(2,20)21)14-6-4-3-5-13(14)17-9-11-23-12-10-17/h3-6H,7-12H2,1-2H3,(H,16,19). The Morgan fingerprint density at radius 2 is 2.00 bits per heavy atom. The van der Waals surface area contributed by atoms with Gasteiger partial charge >= 0.3 is 6.09 Å². The zero-order chi connectivity index (χ0) is 17.6. The number of carbonyl (C=O) groups excluding carboxylic acids is 1. The van der Waals surface area contributed by atoms with Crippen molar-refractivity contribution in [3.05, 3.63) is 24.3 Å². The van der Waals surface area contributed by atoms with Gasteiger partial charge in [-0.05, 0) is 12.1 Å². The van der Waals surface area contributed by atoms with Crippen LogP contribution in [0.2, 0.25) is 0 Å². The minimum Gasteiger partial charge on any atom is -0.453 e. The summed E-state index contributed by atoms with van der Waals surface area (Å²) in [4.78, 5) is 13.3. The molecule has 0 bridgehead atoms. The van der Waals surface area contributed by atoms with E-state index in [-0.39, 0.29) is 13.1 Å². The summed E-state index contributed by atoms with van der Waals surface area (Å²) in [5.74, 6) is 0. The number of morpholine rings is 1. The number of anilines is 2. The number of hydrogen-bond acceptors (Lipinski definition) is 6. The highest BCUT2D eigenvalue weighted by atomic mass is 32.2. The third kappa shape index (κ3) is 4.75. The van der Waals surface area contributed by atoms with Crippen molar-refractivity contribution in [3.63, 3.8) is 0 Å². The van der Waals surface area contributed by atoms with E-state index in [1.54, 1.807) is 12.1 Å². The molecule has 1 heterocycles. The first-order chi connectivity index (χ1) is 11.4. The van der Waals surface area contributed by atoms with Gasteiger partial charge in [-0.2, -0.15) is 0 Å². The van der Waals surface area contributed by atoms with Gasteiger partial charge in [-0.1, -0.05) is 12.1 Å². The number of alkyl carbamates (subject to hydrolysis) is 1. The maximum Gasteiger partial charge on any atom is 0.406 e.